The van der Waals surface area contributed by atoms with Crippen LogP contribution in [0.15, 0.2) is 24.3 Å². The molecule has 2 amide bonds. The standard InChI is InChI=1S/C17H24N2O5/c1-22-12-17(21)19-14-5-2-4-13(10-14)18-16(20)7-9-23-11-15-6-3-8-24-15/h2,4-5,10,15H,3,6-9,11-12H2,1H3,(H,18,20)(H,19,21). The van der Waals surface area contributed by atoms with E-state index in [-0.39, 0.29) is 30.9 Å². The molecule has 1 aliphatic heterocycles. The van der Waals surface area contributed by atoms with Gasteiger partial charge in [-0.3, -0.25) is 9.59 Å². The third kappa shape index (κ3) is 6.66. The Morgan fingerprint density at radius 1 is 1.25 bits per heavy atom. The normalized spacial score (nSPS) is 16.8. The fourth-order valence-electron chi connectivity index (χ4n) is 2.38. The molecule has 132 valence electrons. The molecule has 0 bridgehead atoms. The second-order valence-electron chi connectivity index (χ2n) is 5.57. The van der Waals surface area contributed by atoms with Crippen LogP contribution in [-0.4, -0.2) is 51.5 Å². The SMILES string of the molecule is COCC(=O)Nc1cccc(NC(=O)CCOCC2CCCO2)c1. The van der Waals surface area contributed by atoms with E-state index < -0.39 is 0 Å². The highest BCUT2D eigenvalue weighted by Crippen LogP contribution is 2.15. The molecule has 1 saturated heterocycles. The number of carbonyl (C=O) groups excluding carboxylic acids is 2. The van der Waals surface area contributed by atoms with Crippen molar-refractivity contribution in [2.75, 3.05) is 44.2 Å². The first-order chi connectivity index (χ1) is 11.7. The second kappa shape index (κ2) is 10.0. The average Bonchev–Trinajstić information content (AvgIpc) is 3.05. The molecule has 1 unspecified atom stereocenters. The zero-order chi connectivity index (χ0) is 17.2. The second-order valence-corrected chi connectivity index (χ2v) is 5.57. The molecule has 0 radical (unpaired) electrons. The van der Waals surface area contributed by atoms with Gasteiger partial charge in [-0.1, -0.05) is 6.07 Å². The first kappa shape index (κ1) is 18.4. The summed E-state index contributed by atoms with van der Waals surface area (Å²) in [6.45, 7) is 1.68. The molecular weight excluding hydrogens is 312 g/mol. The molecule has 0 spiro atoms. The molecule has 0 aliphatic carbocycles. The van der Waals surface area contributed by atoms with Gasteiger partial charge >= 0.3 is 0 Å². The molecule has 2 N–H and O–H groups in total. The highest BCUT2D eigenvalue weighted by atomic mass is 16.5. The Morgan fingerprint density at radius 2 is 2.00 bits per heavy atom. The van der Waals surface area contributed by atoms with Gasteiger partial charge in [0.2, 0.25) is 11.8 Å². The van der Waals surface area contributed by atoms with Crippen LogP contribution < -0.4 is 10.6 Å². The van der Waals surface area contributed by atoms with Gasteiger partial charge in [0.15, 0.2) is 0 Å². The summed E-state index contributed by atoms with van der Waals surface area (Å²) in [5, 5.41) is 5.47. The van der Waals surface area contributed by atoms with E-state index in [0.717, 1.165) is 19.4 Å². The Kier molecular flexibility index (Phi) is 7.67. The summed E-state index contributed by atoms with van der Waals surface area (Å²) in [5.74, 6) is -0.383. The smallest absolute Gasteiger partial charge is 0.250 e. The van der Waals surface area contributed by atoms with Gasteiger partial charge < -0.3 is 24.8 Å². The fourth-order valence-corrected chi connectivity index (χ4v) is 2.38. The summed E-state index contributed by atoms with van der Waals surface area (Å²) in [6, 6.07) is 6.95. The van der Waals surface area contributed by atoms with Gasteiger partial charge in [-0.05, 0) is 31.0 Å². The van der Waals surface area contributed by atoms with Crippen LogP contribution in [0, 0.1) is 0 Å². The zero-order valence-electron chi connectivity index (χ0n) is 13.9. The third-order valence-electron chi connectivity index (χ3n) is 3.51. The molecule has 1 aromatic carbocycles. The predicted octanol–water partition coefficient (Wildman–Crippen LogP) is 1.80. The molecule has 1 atom stereocenters. The number of hydrogen-bond donors (Lipinski definition) is 2. The molecule has 1 heterocycles. The third-order valence-corrected chi connectivity index (χ3v) is 3.51. The van der Waals surface area contributed by atoms with Crippen LogP contribution in [0.3, 0.4) is 0 Å². The average molecular weight is 336 g/mol. The summed E-state index contributed by atoms with van der Waals surface area (Å²) in [4.78, 5) is 23.4. The van der Waals surface area contributed by atoms with Crippen molar-refractivity contribution in [2.45, 2.75) is 25.4 Å². The molecule has 0 saturated carbocycles. The zero-order valence-corrected chi connectivity index (χ0v) is 13.9. The van der Waals surface area contributed by atoms with E-state index in [2.05, 4.69) is 10.6 Å². The summed E-state index contributed by atoms with van der Waals surface area (Å²) in [6.07, 6.45) is 2.53. The van der Waals surface area contributed by atoms with Crippen molar-refractivity contribution in [2.24, 2.45) is 0 Å². The lowest BCUT2D eigenvalue weighted by Gasteiger charge is -2.11. The number of rotatable bonds is 9. The Labute approximate surface area is 141 Å². The molecule has 24 heavy (non-hydrogen) atoms. The maximum atomic E-state index is 11.9. The van der Waals surface area contributed by atoms with Crippen molar-refractivity contribution in [1.82, 2.24) is 0 Å². The van der Waals surface area contributed by atoms with Crippen molar-refractivity contribution in [3.05, 3.63) is 24.3 Å². The van der Waals surface area contributed by atoms with E-state index in [1.165, 1.54) is 7.11 Å². The van der Waals surface area contributed by atoms with Gasteiger partial charge in [0.25, 0.3) is 0 Å². The molecule has 0 aromatic heterocycles. The van der Waals surface area contributed by atoms with Gasteiger partial charge in [0.1, 0.15) is 6.61 Å². The minimum Gasteiger partial charge on any atom is -0.378 e. The first-order valence-electron chi connectivity index (χ1n) is 8.05. The largest absolute Gasteiger partial charge is 0.378 e. The van der Waals surface area contributed by atoms with Crippen molar-refractivity contribution in [3.8, 4) is 0 Å². The van der Waals surface area contributed by atoms with E-state index >= 15 is 0 Å². The number of nitrogens with one attached hydrogen (secondary N) is 2. The molecule has 1 fully saturated rings. The number of carbonyl (C=O) groups is 2. The van der Waals surface area contributed by atoms with Crippen molar-refractivity contribution in [3.63, 3.8) is 0 Å². The van der Waals surface area contributed by atoms with Crippen LogP contribution >= 0.6 is 0 Å². The van der Waals surface area contributed by atoms with E-state index in [1.807, 2.05) is 0 Å². The molecule has 1 aliphatic rings. The molecular formula is C17H24N2O5. The summed E-state index contributed by atoms with van der Waals surface area (Å²) >= 11 is 0. The Bertz CT molecular complexity index is 544. The van der Waals surface area contributed by atoms with Crippen molar-refractivity contribution < 1.29 is 23.8 Å². The summed E-state index contributed by atoms with van der Waals surface area (Å²) < 4.78 is 15.7. The van der Waals surface area contributed by atoms with Crippen LogP contribution in [0.1, 0.15) is 19.3 Å². The Hall–Kier alpha value is -1.96. The van der Waals surface area contributed by atoms with E-state index in [4.69, 9.17) is 14.2 Å². The topological polar surface area (TPSA) is 85.9 Å². The minimum absolute atomic E-state index is 0.0152. The van der Waals surface area contributed by atoms with Crippen LogP contribution in [0.25, 0.3) is 0 Å². The predicted molar refractivity (Wildman–Crippen MR) is 90.0 cm³/mol. The summed E-state index contributed by atoms with van der Waals surface area (Å²) in [7, 11) is 1.46. The first-order valence-corrected chi connectivity index (χ1v) is 8.05. The number of hydrogen-bond acceptors (Lipinski definition) is 5. The lowest BCUT2D eigenvalue weighted by atomic mass is 10.2. The van der Waals surface area contributed by atoms with Crippen LogP contribution in [0.5, 0.6) is 0 Å². The minimum atomic E-state index is -0.247. The van der Waals surface area contributed by atoms with E-state index in [0.29, 0.717) is 24.6 Å². The monoisotopic (exact) mass is 336 g/mol. The quantitative estimate of drug-likeness (QED) is 0.672. The van der Waals surface area contributed by atoms with Gasteiger partial charge in [-0.15, -0.1) is 0 Å². The fraction of sp³-hybridized carbons (Fsp3) is 0.529. The number of anilines is 2. The van der Waals surface area contributed by atoms with Gasteiger partial charge in [0, 0.05) is 25.1 Å². The van der Waals surface area contributed by atoms with Crippen molar-refractivity contribution >= 4 is 23.2 Å². The molecule has 7 nitrogen and oxygen atoms in total. The van der Waals surface area contributed by atoms with Crippen molar-refractivity contribution in [1.29, 1.82) is 0 Å². The van der Waals surface area contributed by atoms with Crippen LogP contribution in [0.4, 0.5) is 11.4 Å². The van der Waals surface area contributed by atoms with E-state index in [1.54, 1.807) is 24.3 Å². The highest BCUT2D eigenvalue weighted by molar-refractivity contribution is 5.94. The molecule has 2 rings (SSSR count). The van der Waals surface area contributed by atoms with Gasteiger partial charge in [-0.2, -0.15) is 0 Å². The molecule has 1 aromatic rings. The van der Waals surface area contributed by atoms with Crippen LogP contribution in [-0.2, 0) is 23.8 Å². The summed E-state index contributed by atoms with van der Waals surface area (Å²) in [5.41, 5.74) is 1.22. The Balaban J connectivity index is 1.69. The maximum absolute atomic E-state index is 11.9. The van der Waals surface area contributed by atoms with Crippen LogP contribution in [0.2, 0.25) is 0 Å². The number of amides is 2. The number of benzene rings is 1. The number of ether oxygens (including phenoxy) is 3. The van der Waals surface area contributed by atoms with E-state index in [9.17, 15) is 9.59 Å². The highest BCUT2D eigenvalue weighted by Gasteiger charge is 2.15. The lowest BCUT2D eigenvalue weighted by Crippen LogP contribution is -2.19. The molecule has 7 heteroatoms. The lowest BCUT2D eigenvalue weighted by molar-refractivity contribution is -0.119. The Morgan fingerprint density at radius 3 is 2.67 bits per heavy atom. The van der Waals surface area contributed by atoms with Gasteiger partial charge in [-0.25, -0.2) is 0 Å². The number of methoxy groups -OCH3 is 1. The maximum Gasteiger partial charge on any atom is 0.250 e. The van der Waals surface area contributed by atoms with Gasteiger partial charge in [0.05, 0.1) is 25.7 Å².